The highest BCUT2D eigenvalue weighted by molar-refractivity contribution is 6.33. The number of nitrogens with zero attached hydrogens (tertiary/aromatic N) is 1. The summed E-state index contributed by atoms with van der Waals surface area (Å²) in [5.74, 6) is 0.757. The Morgan fingerprint density at radius 3 is 3.00 bits per heavy atom. The Bertz CT molecular complexity index is 372. The highest BCUT2D eigenvalue weighted by Gasteiger charge is 2.24. The molecule has 1 unspecified atom stereocenters. The van der Waals surface area contributed by atoms with Gasteiger partial charge in [0, 0.05) is 13.1 Å². The summed E-state index contributed by atoms with van der Waals surface area (Å²) in [5.41, 5.74) is 2.52. The summed E-state index contributed by atoms with van der Waals surface area (Å²) in [6.07, 6.45) is 2.47. The van der Waals surface area contributed by atoms with E-state index in [-0.39, 0.29) is 0 Å². The molecule has 1 aliphatic heterocycles. The minimum absolute atomic E-state index is 0.757. The number of hydrogen-bond acceptors (Lipinski definition) is 2. The maximum absolute atomic E-state index is 6.33. The van der Waals surface area contributed by atoms with Gasteiger partial charge in [0.1, 0.15) is 0 Å². The molecule has 1 aromatic carbocycles. The maximum Gasteiger partial charge on any atom is 0.0642 e. The molecule has 3 heteroatoms. The van der Waals surface area contributed by atoms with E-state index in [2.05, 4.69) is 30.1 Å². The summed E-state index contributed by atoms with van der Waals surface area (Å²) in [5, 5.41) is 4.40. The molecule has 0 amide bonds. The molecule has 1 saturated heterocycles. The highest BCUT2D eigenvalue weighted by atomic mass is 35.5. The Morgan fingerprint density at radius 1 is 1.44 bits per heavy atom. The zero-order chi connectivity index (χ0) is 13.0. The van der Waals surface area contributed by atoms with Gasteiger partial charge in [0.2, 0.25) is 0 Å². The second-order valence-corrected chi connectivity index (χ2v) is 5.62. The van der Waals surface area contributed by atoms with E-state index in [1.807, 2.05) is 12.1 Å². The molecule has 1 aromatic rings. The van der Waals surface area contributed by atoms with Crippen molar-refractivity contribution in [2.45, 2.75) is 26.7 Å². The molecule has 2 nitrogen and oxygen atoms in total. The smallest absolute Gasteiger partial charge is 0.0642 e. The van der Waals surface area contributed by atoms with Crippen LogP contribution in [0.15, 0.2) is 18.2 Å². The molecule has 0 saturated carbocycles. The van der Waals surface area contributed by atoms with Crippen LogP contribution in [-0.2, 0) is 0 Å². The van der Waals surface area contributed by atoms with Crippen LogP contribution in [0.3, 0.4) is 0 Å². The molecule has 1 heterocycles. The lowest BCUT2D eigenvalue weighted by molar-refractivity contribution is 0.516. The second-order valence-electron chi connectivity index (χ2n) is 5.21. The summed E-state index contributed by atoms with van der Waals surface area (Å²) in [4.78, 5) is 2.44. The van der Waals surface area contributed by atoms with Crippen molar-refractivity contribution in [2.75, 3.05) is 31.1 Å². The van der Waals surface area contributed by atoms with E-state index >= 15 is 0 Å². The molecule has 2 rings (SSSR count). The number of hydrogen-bond donors (Lipinski definition) is 1. The number of para-hydroxylation sites is 1. The first-order valence-corrected chi connectivity index (χ1v) is 7.31. The Labute approximate surface area is 115 Å². The standard InChI is InChI=1S/C15H23ClN2/c1-3-8-17-10-13-7-9-18(11-13)15-12(2)5-4-6-14(15)16/h4-6,13,17H,3,7-11H2,1-2H3. The summed E-state index contributed by atoms with van der Waals surface area (Å²) in [7, 11) is 0. The van der Waals surface area contributed by atoms with Crippen molar-refractivity contribution in [3.63, 3.8) is 0 Å². The number of halogens is 1. The normalized spacial score (nSPS) is 19.5. The first kappa shape index (κ1) is 13.7. The number of anilines is 1. The fourth-order valence-electron chi connectivity index (χ4n) is 2.71. The predicted molar refractivity (Wildman–Crippen MR) is 79.7 cm³/mol. The average Bonchev–Trinajstić information content (AvgIpc) is 2.78. The number of rotatable bonds is 5. The second kappa shape index (κ2) is 6.44. The summed E-state index contributed by atoms with van der Waals surface area (Å²) < 4.78 is 0. The van der Waals surface area contributed by atoms with Crippen LogP contribution < -0.4 is 10.2 Å². The maximum atomic E-state index is 6.33. The SMILES string of the molecule is CCCNCC1CCN(c2c(C)cccc2Cl)C1. The van der Waals surface area contributed by atoms with Crippen molar-refractivity contribution in [1.29, 1.82) is 0 Å². The Balaban J connectivity index is 1.96. The summed E-state index contributed by atoms with van der Waals surface area (Å²) >= 11 is 6.33. The molecular weight excluding hydrogens is 244 g/mol. The highest BCUT2D eigenvalue weighted by Crippen LogP contribution is 2.33. The van der Waals surface area contributed by atoms with Gasteiger partial charge in [0.15, 0.2) is 0 Å². The van der Waals surface area contributed by atoms with Gasteiger partial charge in [0.25, 0.3) is 0 Å². The van der Waals surface area contributed by atoms with Gasteiger partial charge >= 0.3 is 0 Å². The van der Waals surface area contributed by atoms with Gasteiger partial charge in [0.05, 0.1) is 10.7 Å². The van der Waals surface area contributed by atoms with Crippen LogP contribution in [0.5, 0.6) is 0 Å². The molecule has 1 N–H and O–H groups in total. The minimum Gasteiger partial charge on any atom is -0.370 e. The predicted octanol–water partition coefficient (Wildman–Crippen LogP) is 3.47. The number of benzene rings is 1. The van der Waals surface area contributed by atoms with Crippen molar-refractivity contribution < 1.29 is 0 Å². The van der Waals surface area contributed by atoms with Gasteiger partial charge in [-0.1, -0.05) is 30.7 Å². The fraction of sp³-hybridized carbons (Fsp3) is 0.600. The number of nitrogens with one attached hydrogen (secondary N) is 1. The van der Waals surface area contributed by atoms with E-state index in [1.165, 1.54) is 24.1 Å². The van der Waals surface area contributed by atoms with E-state index in [0.29, 0.717) is 0 Å². The molecule has 0 radical (unpaired) electrons. The average molecular weight is 267 g/mol. The first-order chi connectivity index (χ1) is 8.72. The molecule has 1 fully saturated rings. The molecule has 0 aliphatic carbocycles. The lowest BCUT2D eigenvalue weighted by Gasteiger charge is -2.22. The van der Waals surface area contributed by atoms with E-state index in [0.717, 1.165) is 37.1 Å². The van der Waals surface area contributed by atoms with E-state index < -0.39 is 0 Å². The van der Waals surface area contributed by atoms with Crippen LogP contribution in [0.1, 0.15) is 25.3 Å². The Hall–Kier alpha value is -0.730. The van der Waals surface area contributed by atoms with Gasteiger partial charge in [-0.05, 0) is 50.4 Å². The zero-order valence-electron chi connectivity index (χ0n) is 11.4. The topological polar surface area (TPSA) is 15.3 Å². The van der Waals surface area contributed by atoms with Crippen molar-refractivity contribution >= 4 is 17.3 Å². The van der Waals surface area contributed by atoms with Crippen molar-refractivity contribution in [3.8, 4) is 0 Å². The van der Waals surface area contributed by atoms with E-state index in [4.69, 9.17) is 11.6 Å². The van der Waals surface area contributed by atoms with Gasteiger partial charge in [-0.3, -0.25) is 0 Å². The van der Waals surface area contributed by atoms with Crippen molar-refractivity contribution in [1.82, 2.24) is 5.32 Å². The first-order valence-electron chi connectivity index (χ1n) is 6.93. The molecule has 1 aliphatic rings. The lowest BCUT2D eigenvalue weighted by Crippen LogP contribution is -2.27. The number of aryl methyl sites for hydroxylation is 1. The van der Waals surface area contributed by atoms with Crippen LogP contribution in [0.2, 0.25) is 5.02 Å². The van der Waals surface area contributed by atoms with Crippen molar-refractivity contribution in [3.05, 3.63) is 28.8 Å². The van der Waals surface area contributed by atoms with Gasteiger partial charge in [-0.15, -0.1) is 0 Å². The third-order valence-electron chi connectivity index (χ3n) is 3.65. The van der Waals surface area contributed by atoms with Gasteiger partial charge in [-0.2, -0.15) is 0 Å². The quantitative estimate of drug-likeness (QED) is 0.821. The van der Waals surface area contributed by atoms with Crippen LogP contribution in [0.25, 0.3) is 0 Å². The fourth-order valence-corrected chi connectivity index (χ4v) is 3.05. The van der Waals surface area contributed by atoms with E-state index in [9.17, 15) is 0 Å². The van der Waals surface area contributed by atoms with Crippen LogP contribution in [-0.4, -0.2) is 26.2 Å². The monoisotopic (exact) mass is 266 g/mol. The lowest BCUT2D eigenvalue weighted by atomic mass is 10.1. The Kier molecular flexibility index (Phi) is 4.90. The van der Waals surface area contributed by atoms with Crippen LogP contribution in [0, 0.1) is 12.8 Å². The van der Waals surface area contributed by atoms with Gasteiger partial charge in [-0.25, -0.2) is 0 Å². The molecule has 100 valence electrons. The molecule has 1 atom stereocenters. The van der Waals surface area contributed by atoms with Crippen LogP contribution >= 0.6 is 11.6 Å². The molecule has 0 aromatic heterocycles. The third kappa shape index (κ3) is 3.18. The van der Waals surface area contributed by atoms with E-state index in [1.54, 1.807) is 0 Å². The Morgan fingerprint density at radius 2 is 2.28 bits per heavy atom. The molecule has 0 spiro atoms. The molecule has 18 heavy (non-hydrogen) atoms. The third-order valence-corrected chi connectivity index (χ3v) is 3.96. The van der Waals surface area contributed by atoms with Crippen LogP contribution in [0.4, 0.5) is 5.69 Å². The molecule has 0 bridgehead atoms. The van der Waals surface area contributed by atoms with Crippen molar-refractivity contribution in [2.24, 2.45) is 5.92 Å². The summed E-state index contributed by atoms with van der Waals surface area (Å²) in [6, 6.07) is 6.16. The zero-order valence-corrected chi connectivity index (χ0v) is 12.1. The minimum atomic E-state index is 0.757. The van der Waals surface area contributed by atoms with Gasteiger partial charge < -0.3 is 10.2 Å². The molecular formula is C15H23ClN2. The summed E-state index contributed by atoms with van der Waals surface area (Å²) in [6.45, 7) is 8.87. The largest absolute Gasteiger partial charge is 0.370 e.